The molecule has 0 saturated carbocycles. The molecule has 0 spiro atoms. The molecule has 1 aliphatic heterocycles. The Kier molecular flexibility index (Phi) is 3.36. The molecule has 3 rings (SSSR count). The first-order valence-electron chi connectivity index (χ1n) is 7.16. The summed E-state index contributed by atoms with van der Waals surface area (Å²) in [6, 6.07) is 17.5. The zero-order valence-corrected chi connectivity index (χ0v) is 14.1. The van der Waals surface area contributed by atoms with E-state index in [1.165, 1.54) is 0 Å². The van der Waals surface area contributed by atoms with Crippen molar-refractivity contribution in [2.45, 2.75) is 29.9 Å². The van der Waals surface area contributed by atoms with Crippen LogP contribution < -0.4 is 4.90 Å². The fraction of sp³-hybridized carbons (Fsp3) is 0.333. The van der Waals surface area contributed by atoms with Gasteiger partial charge in [-0.25, -0.2) is 4.39 Å². The summed E-state index contributed by atoms with van der Waals surface area (Å²) in [5.41, 5.74) is 2.14. The van der Waals surface area contributed by atoms with Crippen LogP contribution in [0.1, 0.15) is 25.0 Å². The van der Waals surface area contributed by atoms with E-state index in [-0.39, 0.29) is 6.04 Å². The second kappa shape index (κ2) is 4.84. The standard InChI is InChI=1S/C18H19BrFN/c1-13-17(2,15-11-7-8-12-16(15)21(13)3)18(19,20)14-9-5-4-6-10-14/h4-13H,1-3H3. The number of fused-ring (bicyclic) bond motifs is 1. The normalized spacial score (nSPS) is 27.3. The van der Waals surface area contributed by atoms with Crippen molar-refractivity contribution >= 4 is 21.6 Å². The number of hydrogen-bond acceptors (Lipinski definition) is 1. The molecule has 0 aromatic heterocycles. The maximum Gasteiger partial charge on any atom is 0.201 e. The topological polar surface area (TPSA) is 3.24 Å². The minimum Gasteiger partial charge on any atom is -0.371 e. The van der Waals surface area contributed by atoms with E-state index in [9.17, 15) is 0 Å². The zero-order valence-electron chi connectivity index (χ0n) is 12.5. The number of anilines is 1. The predicted molar refractivity (Wildman–Crippen MR) is 89.8 cm³/mol. The van der Waals surface area contributed by atoms with Crippen molar-refractivity contribution in [3.63, 3.8) is 0 Å². The second-order valence-electron chi connectivity index (χ2n) is 5.95. The number of hydrogen-bond donors (Lipinski definition) is 0. The molecule has 1 heterocycles. The molecular weight excluding hydrogens is 329 g/mol. The van der Waals surface area contributed by atoms with Gasteiger partial charge in [-0.1, -0.05) is 48.5 Å². The molecule has 0 N–H and O–H groups in total. The highest BCUT2D eigenvalue weighted by molar-refractivity contribution is 9.09. The molecule has 3 unspecified atom stereocenters. The Morgan fingerprint density at radius 2 is 1.67 bits per heavy atom. The molecule has 0 aliphatic carbocycles. The number of rotatable bonds is 2. The van der Waals surface area contributed by atoms with Crippen molar-refractivity contribution < 1.29 is 4.39 Å². The van der Waals surface area contributed by atoms with Gasteiger partial charge in [0.05, 0.1) is 5.41 Å². The summed E-state index contributed by atoms with van der Waals surface area (Å²) in [6.07, 6.45) is 0. The van der Waals surface area contributed by atoms with Crippen LogP contribution in [0.15, 0.2) is 54.6 Å². The summed E-state index contributed by atoms with van der Waals surface area (Å²) >= 11 is 3.42. The van der Waals surface area contributed by atoms with Gasteiger partial charge in [-0.2, -0.15) is 0 Å². The molecule has 0 bridgehead atoms. The van der Waals surface area contributed by atoms with Gasteiger partial charge in [-0.15, -0.1) is 0 Å². The van der Waals surface area contributed by atoms with E-state index >= 15 is 4.39 Å². The van der Waals surface area contributed by atoms with Gasteiger partial charge in [0.25, 0.3) is 0 Å². The van der Waals surface area contributed by atoms with Crippen LogP contribution >= 0.6 is 15.9 Å². The monoisotopic (exact) mass is 347 g/mol. The van der Waals surface area contributed by atoms with Crippen LogP contribution in [0.3, 0.4) is 0 Å². The fourth-order valence-electron chi connectivity index (χ4n) is 3.42. The molecule has 3 heteroatoms. The van der Waals surface area contributed by atoms with Crippen LogP contribution in [0.4, 0.5) is 10.1 Å². The number of nitrogens with zero attached hydrogens (tertiary/aromatic N) is 1. The van der Waals surface area contributed by atoms with Crippen LogP contribution in [0.25, 0.3) is 0 Å². The lowest BCUT2D eigenvalue weighted by Gasteiger charge is -2.41. The number of likely N-dealkylation sites (N-methyl/N-ethyl adjacent to an activating group) is 1. The van der Waals surface area contributed by atoms with E-state index in [1.807, 2.05) is 62.5 Å². The van der Waals surface area contributed by atoms with E-state index < -0.39 is 9.99 Å². The fourth-order valence-corrected chi connectivity index (χ4v) is 4.23. The van der Waals surface area contributed by atoms with Crippen molar-refractivity contribution in [3.05, 3.63) is 65.7 Å². The minimum absolute atomic E-state index is 0.0412. The number of alkyl halides is 2. The third-order valence-electron chi connectivity index (χ3n) is 5.05. The lowest BCUT2D eigenvalue weighted by molar-refractivity contribution is 0.155. The van der Waals surface area contributed by atoms with Crippen molar-refractivity contribution in [1.82, 2.24) is 0 Å². The molecule has 110 valence electrons. The maximum absolute atomic E-state index is 15.9. The highest BCUT2D eigenvalue weighted by Crippen LogP contribution is 2.58. The van der Waals surface area contributed by atoms with Crippen LogP contribution in [-0.4, -0.2) is 13.1 Å². The summed E-state index contributed by atoms with van der Waals surface area (Å²) in [4.78, 5) is 2.16. The minimum atomic E-state index is -1.62. The SMILES string of the molecule is CC1N(C)c2ccccc2C1(C)C(F)(Br)c1ccccc1. The molecule has 0 fully saturated rings. The Bertz CT molecular complexity index is 655. The first-order chi connectivity index (χ1) is 9.90. The van der Waals surface area contributed by atoms with Crippen molar-refractivity contribution in [3.8, 4) is 0 Å². The number of halogens is 2. The number of benzene rings is 2. The van der Waals surface area contributed by atoms with Gasteiger partial charge in [-0.3, -0.25) is 0 Å². The van der Waals surface area contributed by atoms with Gasteiger partial charge in [0.1, 0.15) is 0 Å². The molecule has 0 amide bonds. The van der Waals surface area contributed by atoms with Crippen LogP contribution in [-0.2, 0) is 9.99 Å². The number of para-hydroxylation sites is 1. The van der Waals surface area contributed by atoms with Gasteiger partial charge < -0.3 is 4.90 Å². The summed E-state index contributed by atoms with van der Waals surface area (Å²) in [5, 5.41) is 0. The first-order valence-corrected chi connectivity index (χ1v) is 7.95. The average Bonchev–Trinajstić information content (AvgIpc) is 2.72. The molecule has 3 atom stereocenters. The van der Waals surface area contributed by atoms with Crippen LogP contribution in [0, 0.1) is 0 Å². The van der Waals surface area contributed by atoms with Crippen molar-refractivity contribution in [2.75, 3.05) is 11.9 Å². The Morgan fingerprint density at radius 3 is 2.33 bits per heavy atom. The van der Waals surface area contributed by atoms with E-state index in [0.29, 0.717) is 5.56 Å². The predicted octanol–water partition coefficient (Wildman–Crippen LogP) is 5.00. The second-order valence-corrected chi connectivity index (χ2v) is 7.04. The summed E-state index contributed by atoms with van der Waals surface area (Å²) < 4.78 is 14.3. The van der Waals surface area contributed by atoms with Crippen molar-refractivity contribution in [1.29, 1.82) is 0 Å². The van der Waals surface area contributed by atoms with Gasteiger partial charge >= 0.3 is 0 Å². The third-order valence-corrected chi connectivity index (χ3v) is 6.33. The summed E-state index contributed by atoms with van der Waals surface area (Å²) in [6.45, 7) is 4.08. The Morgan fingerprint density at radius 1 is 1.10 bits per heavy atom. The lowest BCUT2D eigenvalue weighted by atomic mass is 9.72. The molecule has 0 saturated heterocycles. The largest absolute Gasteiger partial charge is 0.371 e. The Labute approximate surface area is 133 Å². The third kappa shape index (κ3) is 1.87. The molecule has 2 aromatic rings. The van der Waals surface area contributed by atoms with E-state index in [2.05, 4.69) is 33.8 Å². The van der Waals surface area contributed by atoms with Crippen molar-refractivity contribution in [2.24, 2.45) is 0 Å². The van der Waals surface area contributed by atoms with Gasteiger partial charge in [-0.05, 0) is 41.4 Å². The average molecular weight is 348 g/mol. The smallest absolute Gasteiger partial charge is 0.201 e. The van der Waals surface area contributed by atoms with E-state index in [1.54, 1.807) is 0 Å². The van der Waals surface area contributed by atoms with Gasteiger partial charge in [0, 0.05) is 24.3 Å². The van der Waals surface area contributed by atoms with Gasteiger partial charge in [0.2, 0.25) is 4.58 Å². The molecule has 2 aromatic carbocycles. The lowest BCUT2D eigenvalue weighted by Crippen LogP contribution is -2.49. The van der Waals surface area contributed by atoms with Crippen LogP contribution in [0.2, 0.25) is 0 Å². The summed E-state index contributed by atoms with van der Waals surface area (Å²) in [7, 11) is 2.03. The first kappa shape index (κ1) is 14.6. The molecule has 1 nitrogen and oxygen atoms in total. The maximum atomic E-state index is 15.9. The Balaban J connectivity index is 2.21. The van der Waals surface area contributed by atoms with E-state index in [4.69, 9.17) is 0 Å². The zero-order chi connectivity index (χ0) is 15.3. The molecule has 0 radical (unpaired) electrons. The molecule has 21 heavy (non-hydrogen) atoms. The molecular formula is C18H19BrFN. The quantitative estimate of drug-likeness (QED) is 0.691. The van der Waals surface area contributed by atoms with E-state index in [0.717, 1.165) is 11.3 Å². The van der Waals surface area contributed by atoms with Crippen LogP contribution in [0.5, 0.6) is 0 Å². The van der Waals surface area contributed by atoms with Gasteiger partial charge in [0.15, 0.2) is 0 Å². The summed E-state index contributed by atoms with van der Waals surface area (Å²) in [5.74, 6) is 0. The molecule has 1 aliphatic rings. The highest BCUT2D eigenvalue weighted by Gasteiger charge is 2.58. The highest BCUT2D eigenvalue weighted by atomic mass is 79.9. The Hall–Kier alpha value is -1.35.